The summed E-state index contributed by atoms with van der Waals surface area (Å²) >= 11 is 0. The van der Waals surface area contributed by atoms with Gasteiger partial charge >= 0.3 is 5.97 Å². The van der Waals surface area contributed by atoms with Crippen LogP contribution in [0.25, 0.3) is 0 Å². The molecule has 0 bridgehead atoms. The van der Waals surface area contributed by atoms with Crippen molar-refractivity contribution in [2.24, 2.45) is 0 Å². The lowest BCUT2D eigenvalue weighted by atomic mass is 10.1. The molecule has 1 rings (SSSR count). The summed E-state index contributed by atoms with van der Waals surface area (Å²) in [7, 11) is 0. The molecule has 0 saturated carbocycles. The van der Waals surface area contributed by atoms with Gasteiger partial charge in [-0.05, 0) is 12.0 Å². The van der Waals surface area contributed by atoms with Crippen LogP contribution < -0.4 is 4.74 Å². The number of hydrogen-bond acceptors (Lipinski definition) is 4. The van der Waals surface area contributed by atoms with Crippen LogP contribution in [-0.4, -0.2) is 34.4 Å². The van der Waals surface area contributed by atoms with Crippen LogP contribution in [0, 0.1) is 0 Å². The highest BCUT2D eigenvalue weighted by atomic mass is 16.5. The van der Waals surface area contributed by atoms with Crippen molar-refractivity contribution in [3.05, 3.63) is 23.4 Å². The van der Waals surface area contributed by atoms with E-state index in [1.807, 2.05) is 13.8 Å². The van der Waals surface area contributed by atoms with Crippen molar-refractivity contribution in [3.63, 3.8) is 0 Å². The van der Waals surface area contributed by atoms with E-state index in [2.05, 4.69) is 4.98 Å². The fourth-order valence-electron chi connectivity index (χ4n) is 1.26. The van der Waals surface area contributed by atoms with Crippen LogP contribution in [0.4, 0.5) is 0 Å². The van der Waals surface area contributed by atoms with E-state index < -0.39 is 5.97 Å². The number of aromatic carboxylic acids is 1. The van der Waals surface area contributed by atoms with Gasteiger partial charge in [-0.1, -0.05) is 13.8 Å². The van der Waals surface area contributed by atoms with Crippen LogP contribution in [0.2, 0.25) is 0 Å². The summed E-state index contributed by atoms with van der Waals surface area (Å²) in [4.78, 5) is 15.2. The van der Waals surface area contributed by atoms with Gasteiger partial charge in [-0.3, -0.25) is 0 Å². The van der Waals surface area contributed by atoms with Crippen molar-refractivity contribution in [2.75, 3.05) is 13.2 Å². The molecule has 0 aromatic carbocycles. The van der Waals surface area contributed by atoms with Gasteiger partial charge in [-0.15, -0.1) is 0 Å². The molecule has 0 saturated heterocycles. The molecule has 2 N–H and O–H groups in total. The van der Waals surface area contributed by atoms with E-state index >= 15 is 0 Å². The van der Waals surface area contributed by atoms with E-state index in [9.17, 15) is 4.79 Å². The largest absolute Gasteiger partial charge is 0.478 e. The Kier molecular flexibility index (Phi) is 4.90. The SMILES string of the molecule is CC(C)c1cc(C(=O)O)cc(OCCCO)n1. The summed E-state index contributed by atoms with van der Waals surface area (Å²) in [5, 5.41) is 17.6. The summed E-state index contributed by atoms with van der Waals surface area (Å²) in [6.45, 7) is 4.23. The Morgan fingerprint density at radius 1 is 1.47 bits per heavy atom. The molecule has 0 aliphatic carbocycles. The van der Waals surface area contributed by atoms with Gasteiger partial charge in [0.1, 0.15) is 0 Å². The molecule has 0 aliphatic heterocycles. The average Bonchev–Trinajstić information content (AvgIpc) is 2.29. The lowest BCUT2D eigenvalue weighted by Gasteiger charge is -2.10. The zero-order valence-electron chi connectivity index (χ0n) is 10.0. The van der Waals surface area contributed by atoms with Gasteiger partial charge in [0, 0.05) is 24.8 Å². The van der Waals surface area contributed by atoms with E-state index in [-0.39, 0.29) is 18.1 Å². The fourth-order valence-corrected chi connectivity index (χ4v) is 1.26. The Bertz CT molecular complexity index is 390. The number of carboxylic acids is 1. The van der Waals surface area contributed by atoms with Gasteiger partial charge in [0.15, 0.2) is 0 Å². The normalized spacial score (nSPS) is 10.6. The number of nitrogens with zero attached hydrogens (tertiary/aromatic N) is 1. The predicted octanol–water partition coefficient (Wildman–Crippen LogP) is 1.66. The third kappa shape index (κ3) is 4.03. The van der Waals surface area contributed by atoms with Crippen LogP contribution in [0.5, 0.6) is 5.88 Å². The Balaban J connectivity index is 2.91. The molecule has 5 heteroatoms. The van der Waals surface area contributed by atoms with Gasteiger partial charge in [0.25, 0.3) is 0 Å². The Labute approximate surface area is 100 Å². The van der Waals surface area contributed by atoms with Crippen LogP contribution in [0.3, 0.4) is 0 Å². The molecule has 1 aromatic heterocycles. The molecule has 0 atom stereocenters. The summed E-state index contributed by atoms with van der Waals surface area (Å²) in [5.41, 5.74) is 0.853. The molecular weight excluding hydrogens is 222 g/mol. The van der Waals surface area contributed by atoms with Crippen molar-refractivity contribution < 1.29 is 19.7 Å². The second-order valence-corrected chi connectivity index (χ2v) is 4.00. The van der Waals surface area contributed by atoms with E-state index in [1.165, 1.54) is 6.07 Å². The third-order valence-corrected chi connectivity index (χ3v) is 2.21. The summed E-state index contributed by atoms with van der Waals surface area (Å²) in [6.07, 6.45) is 0.496. The van der Waals surface area contributed by atoms with E-state index in [4.69, 9.17) is 14.9 Å². The molecule has 0 radical (unpaired) electrons. The van der Waals surface area contributed by atoms with Crippen molar-refractivity contribution in [3.8, 4) is 5.88 Å². The zero-order valence-corrected chi connectivity index (χ0v) is 10.0. The number of carbonyl (C=O) groups is 1. The molecule has 94 valence electrons. The molecular formula is C12H17NO4. The molecule has 1 aromatic rings. The number of carboxylic acid groups (broad SMARTS) is 1. The third-order valence-electron chi connectivity index (χ3n) is 2.21. The second kappa shape index (κ2) is 6.20. The zero-order chi connectivity index (χ0) is 12.8. The van der Waals surface area contributed by atoms with Gasteiger partial charge in [0.05, 0.1) is 12.2 Å². The molecule has 0 unspecified atom stereocenters. The standard InChI is InChI=1S/C12H17NO4/c1-8(2)10-6-9(12(15)16)7-11(13-10)17-5-3-4-14/h6-8,14H,3-5H2,1-2H3,(H,15,16). The van der Waals surface area contributed by atoms with Gasteiger partial charge in [-0.25, -0.2) is 9.78 Å². The van der Waals surface area contributed by atoms with Gasteiger partial charge < -0.3 is 14.9 Å². The Hall–Kier alpha value is -1.62. The number of aliphatic hydroxyl groups is 1. The topological polar surface area (TPSA) is 79.7 Å². The first-order valence-electron chi connectivity index (χ1n) is 5.53. The maximum atomic E-state index is 10.9. The van der Waals surface area contributed by atoms with Crippen LogP contribution in [0.1, 0.15) is 42.2 Å². The highest BCUT2D eigenvalue weighted by Crippen LogP contribution is 2.19. The maximum absolute atomic E-state index is 10.9. The first kappa shape index (κ1) is 13.4. The number of aliphatic hydroxyl groups excluding tert-OH is 1. The minimum atomic E-state index is -0.999. The monoisotopic (exact) mass is 239 g/mol. The number of rotatable bonds is 6. The van der Waals surface area contributed by atoms with Crippen molar-refractivity contribution in [2.45, 2.75) is 26.2 Å². The summed E-state index contributed by atoms with van der Waals surface area (Å²) < 4.78 is 5.29. The Morgan fingerprint density at radius 3 is 2.71 bits per heavy atom. The smallest absolute Gasteiger partial charge is 0.335 e. The molecule has 0 spiro atoms. The molecule has 0 aliphatic rings. The minimum Gasteiger partial charge on any atom is -0.478 e. The maximum Gasteiger partial charge on any atom is 0.335 e. The summed E-state index contributed by atoms with van der Waals surface area (Å²) in [6, 6.07) is 2.94. The van der Waals surface area contributed by atoms with Crippen LogP contribution in [-0.2, 0) is 0 Å². The summed E-state index contributed by atoms with van der Waals surface area (Å²) in [5.74, 6) is -0.571. The van der Waals surface area contributed by atoms with Crippen LogP contribution >= 0.6 is 0 Å². The highest BCUT2D eigenvalue weighted by Gasteiger charge is 2.11. The molecule has 5 nitrogen and oxygen atoms in total. The average molecular weight is 239 g/mol. The molecule has 0 fully saturated rings. The first-order chi connectivity index (χ1) is 8.04. The van der Waals surface area contributed by atoms with Gasteiger partial charge in [-0.2, -0.15) is 0 Å². The number of pyridine rings is 1. The van der Waals surface area contributed by atoms with Crippen molar-refractivity contribution in [1.29, 1.82) is 0 Å². The fraction of sp³-hybridized carbons (Fsp3) is 0.500. The quantitative estimate of drug-likeness (QED) is 0.738. The Morgan fingerprint density at radius 2 is 2.18 bits per heavy atom. The highest BCUT2D eigenvalue weighted by molar-refractivity contribution is 5.88. The number of ether oxygens (including phenoxy) is 1. The van der Waals surface area contributed by atoms with Crippen molar-refractivity contribution in [1.82, 2.24) is 4.98 Å². The second-order valence-electron chi connectivity index (χ2n) is 4.00. The number of hydrogen-bond donors (Lipinski definition) is 2. The molecule has 17 heavy (non-hydrogen) atoms. The van der Waals surface area contributed by atoms with Crippen LogP contribution in [0.15, 0.2) is 12.1 Å². The lowest BCUT2D eigenvalue weighted by molar-refractivity contribution is 0.0696. The first-order valence-corrected chi connectivity index (χ1v) is 5.53. The molecule has 0 amide bonds. The molecule has 1 heterocycles. The van der Waals surface area contributed by atoms with E-state index in [0.717, 1.165) is 0 Å². The predicted molar refractivity (Wildman–Crippen MR) is 62.5 cm³/mol. The van der Waals surface area contributed by atoms with E-state index in [0.29, 0.717) is 24.6 Å². The lowest BCUT2D eigenvalue weighted by Crippen LogP contribution is -2.06. The number of aromatic nitrogens is 1. The minimum absolute atomic E-state index is 0.0374. The van der Waals surface area contributed by atoms with Crippen molar-refractivity contribution >= 4 is 5.97 Å². The van der Waals surface area contributed by atoms with Gasteiger partial charge in [0.2, 0.25) is 5.88 Å². The van der Waals surface area contributed by atoms with E-state index in [1.54, 1.807) is 6.07 Å².